The second-order valence-corrected chi connectivity index (χ2v) is 10.3. The Bertz CT molecular complexity index is 1450. The predicted octanol–water partition coefficient (Wildman–Crippen LogP) is 1.91. The van der Waals surface area contributed by atoms with Crippen LogP contribution in [0.3, 0.4) is 0 Å². The van der Waals surface area contributed by atoms with Gasteiger partial charge in [0.25, 0.3) is 11.8 Å². The number of furan rings is 1. The van der Waals surface area contributed by atoms with E-state index < -0.39 is 22.9 Å². The van der Waals surface area contributed by atoms with E-state index in [9.17, 15) is 14.4 Å². The average molecular weight is 553 g/mol. The number of ether oxygens (including phenoxy) is 4. The Morgan fingerprint density at radius 2 is 1.93 bits per heavy atom. The number of methoxy groups -OCH3 is 2. The van der Waals surface area contributed by atoms with Crippen molar-refractivity contribution in [1.29, 1.82) is 0 Å². The third-order valence-corrected chi connectivity index (χ3v) is 7.18. The molecule has 1 fully saturated rings. The zero-order chi connectivity index (χ0) is 28.5. The molecular weight excluding hydrogens is 520 g/mol. The summed E-state index contributed by atoms with van der Waals surface area (Å²) >= 11 is 0. The number of carbonyl (C=O) groups is 3. The normalized spacial score (nSPS) is 19.7. The molecule has 12 nitrogen and oxygen atoms in total. The minimum Gasteiger partial charge on any atom is -0.496 e. The molecule has 0 aliphatic carbocycles. The lowest BCUT2D eigenvalue weighted by molar-refractivity contribution is -0.133. The van der Waals surface area contributed by atoms with E-state index in [-0.39, 0.29) is 60.4 Å². The molecule has 3 aromatic rings. The van der Waals surface area contributed by atoms with Gasteiger partial charge in [-0.15, -0.1) is 0 Å². The molecule has 3 amide bonds. The molecule has 212 valence electrons. The van der Waals surface area contributed by atoms with Gasteiger partial charge in [0.05, 0.1) is 38.0 Å². The first-order valence-electron chi connectivity index (χ1n) is 12.9. The number of fused-ring (bicyclic) bond motifs is 3. The van der Waals surface area contributed by atoms with E-state index in [0.717, 1.165) is 5.56 Å². The van der Waals surface area contributed by atoms with Crippen molar-refractivity contribution >= 4 is 28.8 Å². The number of aromatic nitrogens is 1. The number of amides is 3. The van der Waals surface area contributed by atoms with Gasteiger partial charge in [0.1, 0.15) is 12.4 Å². The molecule has 1 saturated heterocycles. The van der Waals surface area contributed by atoms with E-state index in [2.05, 4.69) is 15.6 Å². The zero-order valence-electron chi connectivity index (χ0n) is 22.9. The minimum absolute atomic E-state index is 0.100. The number of hydrogen-bond acceptors (Lipinski definition) is 9. The maximum atomic E-state index is 13.8. The summed E-state index contributed by atoms with van der Waals surface area (Å²) in [6.07, 6.45) is 1.40. The van der Waals surface area contributed by atoms with Gasteiger partial charge in [-0.05, 0) is 26.0 Å². The maximum Gasteiger partial charge on any atom is 0.294 e. The highest BCUT2D eigenvalue weighted by Crippen LogP contribution is 2.37. The Balaban J connectivity index is 1.42. The zero-order valence-corrected chi connectivity index (χ0v) is 22.9. The molecule has 40 heavy (non-hydrogen) atoms. The molecule has 0 bridgehead atoms. The van der Waals surface area contributed by atoms with Crippen molar-refractivity contribution in [3.63, 3.8) is 0 Å². The molecule has 2 aliphatic heterocycles. The summed E-state index contributed by atoms with van der Waals surface area (Å²) in [6, 6.07) is 8.86. The third-order valence-electron chi connectivity index (χ3n) is 7.18. The van der Waals surface area contributed by atoms with Crippen molar-refractivity contribution in [2.45, 2.75) is 31.5 Å². The molecule has 5 rings (SSSR count). The number of carbonyl (C=O) groups excluding carboxylic acids is 3. The lowest BCUT2D eigenvalue weighted by atomic mass is 9.99. The highest BCUT2D eigenvalue weighted by molar-refractivity contribution is 6.05. The first-order chi connectivity index (χ1) is 19.2. The Morgan fingerprint density at radius 1 is 1.15 bits per heavy atom. The summed E-state index contributed by atoms with van der Waals surface area (Å²) < 4.78 is 27.8. The fourth-order valence-corrected chi connectivity index (χ4v) is 4.75. The number of rotatable bonds is 9. The van der Waals surface area contributed by atoms with Crippen LogP contribution in [-0.2, 0) is 20.8 Å². The van der Waals surface area contributed by atoms with Crippen molar-refractivity contribution in [2.75, 3.05) is 47.2 Å². The van der Waals surface area contributed by atoms with Crippen LogP contribution in [0.1, 0.15) is 40.3 Å². The van der Waals surface area contributed by atoms with Crippen LogP contribution >= 0.6 is 0 Å². The van der Waals surface area contributed by atoms with E-state index in [0.29, 0.717) is 19.0 Å². The van der Waals surface area contributed by atoms with Gasteiger partial charge in [-0.2, -0.15) is 0 Å². The lowest BCUT2D eigenvalue weighted by Gasteiger charge is -2.38. The van der Waals surface area contributed by atoms with Crippen LogP contribution in [0.4, 0.5) is 0 Å². The van der Waals surface area contributed by atoms with Crippen LogP contribution in [0.2, 0.25) is 0 Å². The molecule has 1 unspecified atom stereocenters. The SMILES string of the molecule is COCCN1C(=O)c2oc3cc(C(=O)NC4(C)COC4)cnc3c2OCC1(C)C(=O)NCc1ccccc1OC. The Labute approximate surface area is 230 Å². The van der Waals surface area contributed by atoms with Crippen molar-refractivity contribution in [3.05, 3.63) is 53.4 Å². The molecule has 12 heteroatoms. The molecule has 4 heterocycles. The van der Waals surface area contributed by atoms with Gasteiger partial charge < -0.3 is 38.9 Å². The number of para-hydroxylation sites is 1. The number of nitrogens with one attached hydrogen (secondary N) is 2. The van der Waals surface area contributed by atoms with Crippen LogP contribution in [0.5, 0.6) is 11.5 Å². The highest BCUT2D eigenvalue weighted by atomic mass is 16.5. The minimum atomic E-state index is -1.40. The van der Waals surface area contributed by atoms with Crippen molar-refractivity contribution < 1.29 is 37.7 Å². The molecule has 0 radical (unpaired) electrons. The molecule has 2 aliphatic rings. The van der Waals surface area contributed by atoms with Crippen LogP contribution in [-0.4, -0.2) is 85.9 Å². The van der Waals surface area contributed by atoms with E-state index in [4.69, 9.17) is 23.4 Å². The van der Waals surface area contributed by atoms with Crippen molar-refractivity contribution in [3.8, 4) is 11.5 Å². The summed E-state index contributed by atoms with van der Waals surface area (Å²) in [7, 11) is 3.07. The van der Waals surface area contributed by atoms with E-state index in [1.165, 1.54) is 24.3 Å². The molecule has 2 aromatic heterocycles. The van der Waals surface area contributed by atoms with E-state index in [1.54, 1.807) is 20.1 Å². The monoisotopic (exact) mass is 552 g/mol. The smallest absolute Gasteiger partial charge is 0.294 e. The molecule has 1 aromatic carbocycles. The molecule has 2 N–H and O–H groups in total. The van der Waals surface area contributed by atoms with Gasteiger partial charge in [-0.25, -0.2) is 4.98 Å². The lowest BCUT2D eigenvalue weighted by Crippen LogP contribution is -2.61. The summed E-state index contributed by atoms with van der Waals surface area (Å²) in [5, 5.41) is 5.83. The van der Waals surface area contributed by atoms with Gasteiger partial charge >= 0.3 is 0 Å². The second kappa shape index (κ2) is 10.8. The standard InChI is InChI=1S/C28H32N4O8/c1-27(14-38-15-27)31-24(33)18-11-20-21(29-13-18)22-23(40-20)25(34)32(9-10-36-3)28(2,16-39-22)26(35)30-12-17-7-5-6-8-19(17)37-4/h5-8,11,13H,9-10,12,14-16H2,1-4H3,(H,30,35)(H,31,33). The summed E-state index contributed by atoms with van der Waals surface area (Å²) in [5.74, 6) is -0.649. The van der Waals surface area contributed by atoms with Crippen LogP contribution in [0.15, 0.2) is 40.9 Å². The van der Waals surface area contributed by atoms with Crippen LogP contribution in [0, 0.1) is 0 Å². The molecular formula is C28H32N4O8. The molecule has 0 saturated carbocycles. The largest absolute Gasteiger partial charge is 0.496 e. The Hall–Kier alpha value is -4.16. The summed E-state index contributed by atoms with van der Waals surface area (Å²) in [5.41, 5.74) is -0.281. The number of hydrogen-bond donors (Lipinski definition) is 2. The predicted molar refractivity (Wildman–Crippen MR) is 142 cm³/mol. The topological polar surface area (TPSA) is 141 Å². The summed E-state index contributed by atoms with van der Waals surface area (Å²) in [4.78, 5) is 46.0. The quantitative estimate of drug-likeness (QED) is 0.407. The van der Waals surface area contributed by atoms with Gasteiger partial charge in [0, 0.05) is 32.0 Å². The van der Waals surface area contributed by atoms with Crippen molar-refractivity contribution in [1.82, 2.24) is 20.5 Å². The third kappa shape index (κ3) is 4.95. The van der Waals surface area contributed by atoms with Gasteiger partial charge in [-0.1, -0.05) is 18.2 Å². The van der Waals surface area contributed by atoms with Crippen LogP contribution < -0.4 is 20.1 Å². The van der Waals surface area contributed by atoms with Gasteiger partial charge in [-0.3, -0.25) is 14.4 Å². The van der Waals surface area contributed by atoms with Crippen LogP contribution in [0.25, 0.3) is 11.1 Å². The first-order valence-corrected chi connectivity index (χ1v) is 12.9. The van der Waals surface area contributed by atoms with E-state index in [1.807, 2.05) is 25.1 Å². The number of pyridine rings is 1. The fourth-order valence-electron chi connectivity index (χ4n) is 4.75. The number of benzene rings is 1. The van der Waals surface area contributed by atoms with E-state index >= 15 is 0 Å². The Morgan fingerprint density at radius 3 is 2.62 bits per heavy atom. The average Bonchev–Trinajstić information content (AvgIpc) is 3.27. The van der Waals surface area contributed by atoms with Crippen molar-refractivity contribution in [2.24, 2.45) is 0 Å². The maximum absolute atomic E-state index is 13.8. The second-order valence-electron chi connectivity index (χ2n) is 10.3. The highest BCUT2D eigenvalue weighted by Gasteiger charge is 2.48. The van der Waals surface area contributed by atoms with Gasteiger partial charge in [0.2, 0.25) is 11.7 Å². The molecule has 1 atom stereocenters. The summed E-state index contributed by atoms with van der Waals surface area (Å²) in [6.45, 7) is 4.69. The number of nitrogens with zero attached hydrogens (tertiary/aromatic N) is 2. The fraction of sp³-hybridized carbons (Fsp3) is 0.429. The Kier molecular flexibility index (Phi) is 7.39. The van der Waals surface area contributed by atoms with Gasteiger partial charge in [0.15, 0.2) is 22.4 Å². The first kappa shape index (κ1) is 27.4. The molecule has 0 spiro atoms.